The van der Waals surface area contributed by atoms with E-state index < -0.39 is 11.8 Å². The van der Waals surface area contributed by atoms with E-state index in [-0.39, 0.29) is 11.8 Å². The zero-order valence-corrected chi connectivity index (χ0v) is 16.0. The van der Waals surface area contributed by atoms with Crippen molar-refractivity contribution >= 4 is 29.1 Å². The van der Waals surface area contributed by atoms with Crippen LogP contribution in [0.4, 0.5) is 26.4 Å². The van der Waals surface area contributed by atoms with Crippen molar-refractivity contribution in [2.24, 2.45) is 5.92 Å². The molecule has 152 valence electrons. The van der Waals surface area contributed by atoms with E-state index in [1.54, 1.807) is 24.4 Å². The molecule has 0 spiro atoms. The summed E-state index contributed by atoms with van der Waals surface area (Å²) in [6.07, 6.45) is 4.97. The van der Waals surface area contributed by atoms with Gasteiger partial charge in [-0.1, -0.05) is 12.1 Å². The van der Waals surface area contributed by atoms with Crippen LogP contribution >= 0.6 is 0 Å². The third-order valence-electron chi connectivity index (χ3n) is 4.63. The molecule has 1 unspecified atom stereocenters. The van der Waals surface area contributed by atoms with Crippen LogP contribution in [0.5, 0.6) is 0 Å². The van der Waals surface area contributed by atoms with Gasteiger partial charge in [0.15, 0.2) is 0 Å². The van der Waals surface area contributed by atoms with Crippen LogP contribution in [0.3, 0.4) is 0 Å². The standard InChI is InChI=1S/C21H24FN5O2/c1-2-10-23-20(28)15-5-4-11-27(14-15)19-9-8-18(13-24-19)26-21(29)25-17-7-3-6-16(22)12-17/h2-3,6-9,12-13,15H,1,4-5,10-11,14H2,(H,23,28)(H2,25,26,29). The number of nitrogens with zero attached hydrogens (tertiary/aromatic N) is 2. The molecular weight excluding hydrogens is 373 g/mol. The topological polar surface area (TPSA) is 86.4 Å². The largest absolute Gasteiger partial charge is 0.356 e. The molecule has 7 nitrogen and oxygen atoms in total. The molecule has 0 aliphatic carbocycles. The van der Waals surface area contributed by atoms with Gasteiger partial charge in [0.05, 0.1) is 17.8 Å². The van der Waals surface area contributed by atoms with Gasteiger partial charge in [0.25, 0.3) is 0 Å². The molecular formula is C21H24FN5O2. The third-order valence-corrected chi connectivity index (χ3v) is 4.63. The minimum Gasteiger partial charge on any atom is -0.356 e. The summed E-state index contributed by atoms with van der Waals surface area (Å²) in [4.78, 5) is 30.7. The Labute approximate surface area is 169 Å². The van der Waals surface area contributed by atoms with Crippen molar-refractivity contribution in [3.63, 3.8) is 0 Å². The summed E-state index contributed by atoms with van der Waals surface area (Å²) in [7, 11) is 0. The first-order valence-corrected chi connectivity index (χ1v) is 9.48. The van der Waals surface area contributed by atoms with E-state index in [0.717, 1.165) is 25.2 Å². The second-order valence-electron chi connectivity index (χ2n) is 6.81. The van der Waals surface area contributed by atoms with Gasteiger partial charge < -0.3 is 20.9 Å². The summed E-state index contributed by atoms with van der Waals surface area (Å²) in [5.41, 5.74) is 0.876. The Morgan fingerprint density at radius 1 is 1.24 bits per heavy atom. The Morgan fingerprint density at radius 3 is 2.79 bits per heavy atom. The predicted octanol–water partition coefficient (Wildman–Crippen LogP) is 3.38. The van der Waals surface area contributed by atoms with E-state index in [1.807, 2.05) is 6.07 Å². The average Bonchev–Trinajstić information content (AvgIpc) is 2.72. The van der Waals surface area contributed by atoms with Crippen LogP contribution < -0.4 is 20.9 Å². The number of rotatable bonds is 6. The lowest BCUT2D eigenvalue weighted by Gasteiger charge is -2.32. The maximum absolute atomic E-state index is 13.2. The Bertz CT molecular complexity index is 872. The fraction of sp³-hybridized carbons (Fsp3) is 0.286. The van der Waals surface area contributed by atoms with E-state index >= 15 is 0 Å². The van der Waals surface area contributed by atoms with E-state index in [0.29, 0.717) is 24.5 Å². The van der Waals surface area contributed by atoms with Gasteiger partial charge in [0.2, 0.25) is 5.91 Å². The van der Waals surface area contributed by atoms with Crippen LogP contribution in [0.25, 0.3) is 0 Å². The Hall–Kier alpha value is -3.42. The van der Waals surface area contributed by atoms with E-state index in [1.165, 1.54) is 18.2 Å². The third kappa shape index (κ3) is 5.78. The van der Waals surface area contributed by atoms with Crippen molar-refractivity contribution in [3.8, 4) is 0 Å². The van der Waals surface area contributed by atoms with Crippen molar-refractivity contribution in [2.75, 3.05) is 35.2 Å². The number of amides is 3. The number of carbonyl (C=O) groups excluding carboxylic acids is 2. The van der Waals surface area contributed by atoms with E-state index in [4.69, 9.17) is 0 Å². The first kappa shape index (κ1) is 20.3. The quantitative estimate of drug-likeness (QED) is 0.652. The number of anilines is 3. The number of hydrogen-bond donors (Lipinski definition) is 3. The van der Waals surface area contributed by atoms with Crippen LogP contribution in [0.1, 0.15) is 12.8 Å². The molecule has 3 N–H and O–H groups in total. The first-order chi connectivity index (χ1) is 14.0. The van der Waals surface area contributed by atoms with Gasteiger partial charge in [0, 0.05) is 25.3 Å². The van der Waals surface area contributed by atoms with Gasteiger partial charge in [-0.2, -0.15) is 0 Å². The number of piperidine rings is 1. The highest BCUT2D eigenvalue weighted by Crippen LogP contribution is 2.23. The highest BCUT2D eigenvalue weighted by molar-refractivity contribution is 5.99. The number of carbonyl (C=O) groups is 2. The Kier molecular flexibility index (Phi) is 6.78. The molecule has 0 radical (unpaired) electrons. The number of benzene rings is 1. The number of pyridine rings is 1. The van der Waals surface area contributed by atoms with E-state index in [2.05, 4.69) is 32.4 Å². The molecule has 3 rings (SSSR count). The van der Waals surface area contributed by atoms with Gasteiger partial charge in [-0.3, -0.25) is 4.79 Å². The minimum atomic E-state index is -0.484. The van der Waals surface area contributed by atoms with Gasteiger partial charge in [-0.25, -0.2) is 14.2 Å². The zero-order valence-electron chi connectivity index (χ0n) is 16.0. The molecule has 3 amide bonds. The zero-order chi connectivity index (χ0) is 20.6. The number of hydrogen-bond acceptors (Lipinski definition) is 4. The van der Waals surface area contributed by atoms with Gasteiger partial charge in [-0.05, 0) is 43.2 Å². The normalized spacial score (nSPS) is 16.0. The maximum atomic E-state index is 13.2. The average molecular weight is 397 g/mol. The van der Waals surface area contributed by atoms with Crippen LogP contribution in [0.2, 0.25) is 0 Å². The molecule has 1 fully saturated rings. The number of halogens is 1. The highest BCUT2D eigenvalue weighted by Gasteiger charge is 2.26. The van der Waals surface area contributed by atoms with Crippen LogP contribution in [0.15, 0.2) is 55.3 Å². The lowest BCUT2D eigenvalue weighted by Crippen LogP contribution is -2.43. The van der Waals surface area contributed by atoms with Gasteiger partial charge in [-0.15, -0.1) is 6.58 Å². The summed E-state index contributed by atoms with van der Waals surface area (Å²) in [6.45, 7) is 5.50. The van der Waals surface area contributed by atoms with Crippen LogP contribution in [-0.2, 0) is 4.79 Å². The molecule has 29 heavy (non-hydrogen) atoms. The Balaban J connectivity index is 1.56. The summed E-state index contributed by atoms with van der Waals surface area (Å²) in [5, 5.41) is 8.07. The SMILES string of the molecule is C=CCNC(=O)C1CCCN(c2ccc(NC(=O)Nc3cccc(F)c3)cn2)C1. The molecule has 1 aliphatic rings. The summed E-state index contributed by atoms with van der Waals surface area (Å²) >= 11 is 0. The molecule has 1 saturated heterocycles. The number of nitrogens with one attached hydrogen (secondary N) is 3. The molecule has 2 heterocycles. The molecule has 1 atom stereocenters. The van der Waals surface area contributed by atoms with E-state index in [9.17, 15) is 14.0 Å². The van der Waals surface area contributed by atoms with Crippen molar-refractivity contribution in [3.05, 3.63) is 61.1 Å². The number of urea groups is 1. The van der Waals surface area contributed by atoms with Gasteiger partial charge in [0.1, 0.15) is 11.6 Å². The lowest BCUT2D eigenvalue weighted by molar-refractivity contribution is -0.125. The first-order valence-electron chi connectivity index (χ1n) is 9.48. The van der Waals surface area contributed by atoms with Crippen molar-refractivity contribution < 1.29 is 14.0 Å². The summed E-state index contributed by atoms with van der Waals surface area (Å²) < 4.78 is 13.2. The minimum absolute atomic E-state index is 0.0295. The molecule has 8 heteroatoms. The molecule has 2 aromatic rings. The second kappa shape index (κ2) is 9.68. The number of aromatic nitrogens is 1. The summed E-state index contributed by atoms with van der Waals surface area (Å²) in [6, 6.07) is 8.73. The molecule has 1 aromatic heterocycles. The highest BCUT2D eigenvalue weighted by atomic mass is 19.1. The maximum Gasteiger partial charge on any atom is 0.323 e. The molecule has 1 aliphatic heterocycles. The van der Waals surface area contributed by atoms with Crippen LogP contribution in [0, 0.1) is 11.7 Å². The fourth-order valence-corrected chi connectivity index (χ4v) is 3.22. The molecule has 0 bridgehead atoms. The lowest BCUT2D eigenvalue weighted by atomic mass is 9.97. The molecule has 1 aromatic carbocycles. The van der Waals surface area contributed by atoms with Crippen molar-refractivity contribution in [2.45, 2.75) is 12.8 Å². The predicted molar refractivity (Wildman–Crippen MR) is 111 cm³/mol. The molecule has 0 saturated carbocycles. The smallest absolute Gasteiger partial charge is 0.323 e. The van der Waals surface area contributed by atoms with Crippen LogP contribution in [-0.4, -0.2) is 36.6 Å². The second-order valence-corrected chi connectivity index (χ2v) is 6.81. The van der Waals surface area contributed by atoms with Gasteiger partial charge >= 0.3 is 6.03 Å². The fourth-order valence-electron chi connectivity index (χ4n) is 3.22. The van der Waals surface area contributed by atoms with Crippen molar-refractivity contribution in [1.29, 1.82) is 0 Å². The van der Waals surface area contributed by atoms with Crippen molar-refractivity contribution in [1.82, 2.24) is 10.3 Å². The summed E-state index contributed by atoms with van der Waals surface area (Å²) in [5.74, 6) is 0.274. The monoisotopic (exact) mass is 397 g/mol. The Morgan fingerprint density at radius 2 is 2.07 bits per heavy atom.